The van der Waals surface area contributed by atoms with Crippen molar-refractivity contribution in [2.45, 2.75) is 145 Å². The molecule has 0 aliphatic carbocycles. The van der Waals surface area contributed by atoms with Gasteiger partial charge in [0.2, 0.25) is 5.91 Å². The van der Waals surface area contributed by atoms with E-state index in [1.54, 1.807) is 20.8 Å². The molecule has 3 heterocycles. The molecule has 0 aromatic carbocycles. The van der Waals surface area contributed by atoms with Crippen LogP contribution >= 0.6 is 0 Å². The van der Waals surface area contributed by atoms with Crippen molar-refractivity contribution in [2.75, 3.05) is 7.11 Å². The van der Waals surface area contributed by atoms with E-state index in [2.05, 4.69) is 5.32 Å². The summed E-state index contributed by atoms with van der Waals surface area (Å²) in [6.45, 7) is 9.35. The molecule has 7 N–H and O–H groups in total. The maximum absolute atomic E-state index is 12.4. The Kier molecular flexibility index (Phi) is 10.7. The minimum absolute atomic E-state index is 0.200. The highest BCUT2D eigenvalue weighted by Gasteiger charge is 2.52. The molecule has 0 aromatic rings. The fraction of sp³-hybridized carbons (Fsp3) is 0.960. The maximum atomic E-state index is 12.4. The first-order valence-electron chi connectivity index (χ1n) is 13.3. The first-order chi connectivity index (χ1) is 18.0. The summed E-state index contributed by atoms with van der Waals surface area (Å²) >= 11 is 0. The molecule has 0 aromatic heterocycles. The van der Waals surface area contributed by atoms with Crippen molar-refractivity contribution in [1.82, 2.24) is 5.32 Å². The van der Waals surface area contributed by atoms with E-state index >= 15 is 0 Å². The Hall–Kier alpha value is -1.01. The predicted molar refractivity (Wildman–Crippen MR) is 132 cm³/mol. The molecule has 3 aliphatic heterocycles. The topological polar surface area (TPSA) is 206 Å². The Bertz CT molecular complexity index is 797. The van der Waals surface area contributed by atoms with Crippen LogP contribution in [0.4, 0.5) is 0 Å². The van der Waals surface area contributed by atoms with Gasteiger partial charge in [0.05, 0.1) is 42.5 Å². The third-order valence-corrected chi connectivity index (χ3v) is 7.45. The summed E-state index contributed by atoms with van der Waals surface area (Å²) in [5.41, 5.74) is -1.25. The number of hydrogen-bond donors (Lipinski definition) is 7. The van der Waals surface area contributed by atoms with Crippen molar-refractivity contribution in [3.63, 3.8) is 0 Å². The lowest BCUT2D eigenvalue weighted by molar-refractivity contribution is -0.364. The Balaban J connectivity index is 1.72. The highest BCUT2D eigenvalue weighted by Crippen LogP contribution is 2.33. The molecule has 228 valence electrons. The van der Waals surface area contributed by atoms with Gasteiger partial charge < -0.3 is 64.4 Å². The molecule has 0 bridgehead atoms. The van der Waals surface area contributed by atoms with Crippen LogP contribution in [0, 0.1) is 0 Å². The lowest BCUT2D eigenvalue weighted by Gasteiger charge is -2.48. The normalized spacial score (nSPS) is 47.6. The number of carbonyl (C=O) groups excluding carboxylic acids is 1. The van der Waals surface area contributed by atoms with Crippen molar-refractivity contribution in [2.24, 2.45) is 0 Å². The fourth-order valence-corrected chi connectivity index (χ4v) is 5.19. The van der Waals surface area contributed by atoms with Crippen LogP contribution in [0.2, 0.25) is 0 Å². The number of ether oxygens (including phenoxy) is 6. The second kappa shape index (κ2) is 12.9. The fourth-order valence-electron chi connectivity index (χ4n) is 5.19. The van der Waals surface area contributed by atoms with Crippen LogP contribution in [0.5, 0.6) is 0 Å². The summed E-state index contributed by atoms with van der Waals surface area (Å²) < 4.78 is 34.2. The molecule has 0 radical (unpaired) electrons. The number of rotatable bonds is 8. The minimum atomic E-state index is -1.60. The minimum Gasteiger partial charge on any atom is -0.390 e. The molecule has 14 heteroatoms. The molecule has 15 atom stereocenters. The van der Waals surface area contributed by atoms with E-state index in [1.807, 2.05) is 0 Å². The molecule has 39 heavy (non-hydrogen) atoms. The van der Waals surface area contributed by atoms with Crippen LogP contribution in [0.25, 0.3) is 0 Å². The Labute approximate surface area is 228 Å². The van der Waals surface area contributed by atoms with Gasteiger partial charge in [-0.15, -0.1) is 0 Å². The zero-order valence-electron chi connectivity index (χ0n) is 23.4. The maximum Gasteiger partial charge on any atom is 0.223 e. The Morgan fingerprint density at radius 2 is 1.18 bits per heavy atom. The van der Waals surface area contributed by atoms with Gasteiger partial charge in [0.15, 0.2) is 12.6 Å². The second-order valence-electron chi connectivity index (χ2n) is 11.4. The summed E-state index contributed by atoms with van der Waals surface area (Å²) in [6.07, 6.45) is -16.2. The van der Waals surface area contributed by atoms with E-state index in [9.17, 15) is 35.4 Å². The second-order valence-corrected chi connectivity index (χ2v) is 11.4. The smallest absolute Gasteiger partial charge is 0.223 e. The molecule has 0 saturated carbocycles. The summed E-state index contributed by atoms with van der Waals surface area (Å²) in [4.78, 5) is 12.4. The van der Waals surface area contributed by atoms with Crippen molar-refractivity contribution >= 4 is 5.91 Å². The molecule has 3 fully saturated rings. The number of methoxy groups -OCH3 is 1. The number of amides is 1. The Morgan fingerprint density at radius 1 is 0.718 bits per heavy atom. The van der Waals surface area contributed by atoms with Crippen molar-refractivity contribution < 1.29 is 63.9 Å². The molecular formula is C25H45NO13. The van der Waals surface area contributed by atoms with Crippen LogP contribution in [0.1, 0.15) is 48.0 Å². The third kappa shape index (κ3) is 7.45. The van der Waals surface area contributed by atoms with E-state index in [4.69, 9.17) is 28.4 Å². The van der Waals surface area contributed by atoms with Crippen LogP contribution in [-0.4, -0.2) is 141 Å². The van der Waals surface area contributed by atoms with Crippen molar-refractivity contribution in [1.29, 1.82) is 0 Å². The lowest BCUT2D eigenvalue weighted by Crippen LogP contribution is -2.67. The average Bonchev–Trinajstić information content (AvgIpc) is 2.83. The standard InChI is InChI=1S/C25H45NO13/c1-9-14(26-13(27)8-25(5,6)33)18(31)22(34-7)24(36-9)39-21-17(30)12(4)37-23(19(21)32)38-20-15(28)10(2)35-11(3)16(20)29/h9-12,14-24,28-33H,8H2,1-7H3,(H,26,27)/t9?,10-,11?,12?,14+,15?,16-,17-,18-,19?,20+,21-,22?,23-,24-/m0/s1. The largest absolute Gasteiger partial charge is 0.390 e. The molecule has 3 saturated heterocycles. The predicted octanol–water partition coefficient (Wildman–Crippen LogP) is -2.48. The number of aliphatic hydroxyl groups is 6. The number of nitrogens with one attached hydrogen (secondary N) is 1. The molecule has 6 unspecified atom stereocenters. The van der Waals surface area contributed by atoms with Crippen LogP contribution in [0.3, 0.4) is 0 Å². The van der Waals surface area contributed by atoms with Gasteiger partial charge in [-0.25, -0.2) is 0 Å². The highest BCUT2D eigenvalue weighted by atomic mass is 16.7. The van der Waals surface area contributed by atoms with Crippen LogP contribution < -0.4 is 5.32 Å². The first kappa shape index (κ1) is 32.5. The molecule has 1 amide bonds. The van der Waals surface area contributed by atoms with Gasteiger partial charge in [0, 0.05) is 7.11 Å². The van der Waals surface area contributed by atoms with Gasteiger partial charge in [0.25, 0.3) is 0 Å². The van der Waals surface area contributed by atoms with Gasteiger partial charge in [-0.2, -0.15) is 0 Å². The van der Waals surface area contributed by atoms with Crippen molar-refractivity contribution in [3.05, 3.63) is 0 Å². The van der Waals surface area contributed by atoms with Crippen molar-refractivity contribution in [3.8, 4) is 0 Å². The van der Waals surface area contributed by atoms with Gasteiger partial charge in [0.1, 0.15) is 48.8 Å². The lowest BCUT2D eigenvalue weighted by atomic mass is 9.94. The highest BCUT2D eigenvalue weighted by molar-refractivity contribution is 5.77. The Morgan fingerprint density at radius 3 is 1.69 bits per heavy atom. The molecular weight excluding hydrogens is 522 g/mol. The van der Waals surface area contributed by atoms with E-state index in [1.165, 1.54) is 27.9 Å². The van der Waals surface area contributed by atoms with Gasteiger partial charge in [-0.05, 0) is 41.5 Å². The van der Waals surface area contributed by atoms with Gasteiger partial charge >= 0.3 is 0 Å². The van der Waals surface area contributed by atoms with E-state index in [0.29, 0.717) is 0 Å². The molecule has 3 aliphatic rings. The zero-order valence-corrected chi connectivity index (χ0v) is 23.4. The number of hydrogen-bond acceptors (Lipinski definition) is 13. The van der Waals surface area contributed by atoms with Crippen LogP contribution in [-0.2, 0) is 33.2 Å². The summed E-state index contributed by atoms with van der Waals surface area (Å²) in [5.74, 6) is -0.499. The number of carbonyl (C=O) groups is 1. The first-order valence-corrected chi connectivity index (χ1v) is 13.3. The van der Waals surface area contributed by atoms with Gasteiger partial charge in [-0.1, -0.05) is 0 Å². The summed E-state index contributed by atoms with van der Waals surface area (Å²) in [5, 5.41) is 66.5. The summed E-state index contributed by atoms with van der Waals surface area (Å²) in [6, 6.07) is -0.898. The quantitative estimate of drug-likeness (QED) is 0.162. The molecule has 14 nitrogen and oxygen atoms in total. The van der Waals surface area contributed by atoms with E-state index in [0.717, 1.165) is 0 Å². The van der Waals surface area contributed by atoms with E-state index < -0.39 is 103 Å². The zero-order chi connectivity index (χ0) is 29.4. The van der Waals surface area contributed by atoms with E-state index in [-0.39, 0.29) is 6.42 Å². The van der Waals surface area contributed by atoms with Crippen LogP contribution in [0.15, 0.2) is 0 Å². The molecule has 0 spiro atoms. The average molecular weight is 568 g/mol. The summed E-state index contributed by atoms with van der Waals surface area (Å²) in [7, 11) is 1.31. The SMILES string of the molecule is COC1[C@H](O[C@@H]2C(O)[C@H](O[C@@H]3C(O)[C@H](C)OC(C)[C@@H]3O)OC(C)[C@@H]2O)OC(C)[C@@H](NC(=O)CC(C)(C)O)[C@@H]1O. The monoisotopic (exact) mass is 567 g/mol. The number of aliphatic hydroxyl groups excluding tert-OH is 5. The van der Waals surface area contributed by atoms with Gasteiger partial charge in [-0.3, -0.25) is 4.79 Å². The molecule has 3 rings (SSSR count). The third-order valence-electron chi connectivity index (χ3n) is 7.45.